The van der Waals surface area contributed by atoms with E-state index in [2.05, 4.69) is 4.90 Å². The van der Waals surface area contributed by atoms with Gasteiger partial charge in [0.05, 0.1) is 4.90 Å². The van der Waals surface area contributed by atoms with Crippen LogP contribution in [-0.4, -0.2) is 50.8 Å². The van der Waals surface area contributed by atoms with Crippen molar-refractivity contribution in [3.8, 4) is 0 Å². The van der Waals surface area contributed by atoms with Crippen LogP contribution >= 0.6 is 0 Å². The van der Waals surface area contributed by atoms with Crippen molar-refractivity contribution in [3.05, 3.63) is 23.8 Å². The highest BCUT2D eigenvalue weighted by Gasteiger charge is 2.27. The first-order valence-corrected chi connectivity index (χ1v) is 7.90. The zero-order chi connectivity index (χ0) is 14.0. The summed E-state index contributed by atoms with van der Waals surface area (Å²) in [5, 5.41) is 0. The van der Waals surface area contributed by atoms with E-state index < -0.39 is 10.0 Å². The average Bonchev–Trinajstić information content (AvgIpc) is 2.57. The fourth-order valence-corrected chi connectivity index (χ4v) is 4.03. The smallest absolute Gasteiger partial charge is 0.243 e. The highest BCUT2D eigenvalue weighted by Crippen LogP contribution is 2.23. The number of nitrogen functional groups attached to an aromatic ring is 1. The summed E-state index contributed by atoms with van der Waals surface area (Å²) >= 11 is 0. The van der Waals surface area contributed by atoms with Gasteiger partial charge in [0.2, 0.25) is 10.0 Å². The second-order valence-corrected chi connectivity index (χ2v) is 6.99. The predicted octanol–water partition coefficient (Wildman–Crippen LogP) is 0.903. The Morgan fingerprint density at radius 1 is 1.16 bits per heavy atom. The normalized spacial score (nSPS) is 19.3. The lowest BCUT2D eigenvalue weighted by Gasteiger charge is -2.21. The molecule has 1 saturated heterocycles. The number of nitrogens with zero attached hydrogens (tertiary/aromatic N) is 2. The van der Waals surface area contributed by atoms with Crippen LogP contribution in [0.15, 0.2) is 23.1 Å². The molecule has 1 aliphatic heterocycles. The topological polar surface area (TPSA) is 66.6 Å². The number of benzene rings is 1. The van der Waals surface area contributed by atoms with Gasteiger partial charge in [0.15, 0.2) is 0 Å². The van der Waals surface area contributed by atoms with E-state index in [0.717, 1.165) is 25.1 Å². The summed E-state index contributed by atoms with van der Waals surface area (Å²) in [7, 11) is -1.42. The lowest BCUT2D eigenvalue weighted by molar-refractivity contribution is 0.347. The summed E-state index contributed by atoms with van der Waals surface area (Å²) in [4.78, 5) is 2.49. The molecule has 1 aliphatic rings. The number of anilines is 1. The lowest BCUT2D eigenvalue weighted by Crippen LogP contribution is -2.34. The molecule has 0 spiro atoms. The molecule has 0 bridgehead atoms. The van der Waals surface area contributed by atoms with Gasteiger partial charge in [-0.1, -0.05) is 6.07 Å². The summed E-state index contributed by atoms with van der Waals surface area (Å²) < 4.78 is 26.9. The van der Waals surface area contributed by atoms with Gasteiger partial charge in [-0.25, -0.2) is 8.42 Å². The van der Waals surface area contributed by atoms with Gasteiger partial charge in [-0.05, 0) is 44.6 Å². The Morgan fingerprint density at radius 3 is 2.63 bits per heavy atom. The Bertz CT molecular complexity index is 557. The molecule has 0 aromatic heterocycles. The fourth-order valence-electron chi connectivity index (χ4n) is 2.30. The number of sulfonamides is 1. The molecule has 2 N–H and O–H groups in total. The van der Waals surface area contributed by atoms with E-state index in [9.17, 15) is 8.42 Å². The van der Waals surface area contributed by atoms with Crippen molar-refractivity contribution in [1.82, 2.24) is 9.21 Å². The predicted molar refractivity (Wildman–Crippen MR) is 76.5 cm³/mol. The molecule has 0 amide bonds. The number of rotatable bonds is 2. The molecular weight excluding hydrogens is 262 g/mol. The third-order valence-corrected chi connectivity index (χ3v) is 5.55. The molecule has 1 heterocycles. The minimum atomic E-state index is -3.44. The van der Waals surface area contributed by atoms with Crippen molar-refractivity contribution in [3.63, 3.8) is 0 Å². The Morgan fingerprint density at radius 2 is 1.89 bits per heavy atom. The van der Waals surface area contributed by atoms with Crippen LogP contribution in [0.5, 0.6) is 0 Å². The van der Waals surface area contributed by atoms with Crippen LogP contribution in [0.2, 0.25) is 0 Å². The number of nitrogens with two attached hydrogens (primary N) is 1. The SMILES string of the molecule is Cc1ccc(N)cc1S(=O)(=O)N1CCCN(C)CC1. The zero-order valence-electron chi connectivity index (χ0n) is 11.5. The minimum absolute atomic E-state index is 0.331. The van der Waals surface area contributed by atoms with Crippen LogP contribution in [-0.2, 0) is 10.0 Å². The lowest BCUT2D eigenvalue weighted by atomic mass is 10.2. The maximum Gasteiger partial charge on any atom is 0.243 e. The van der Waals surface area contributed by atoms with Gasteiger partial charge in [0.1, 0.15) is 0 Å². The summed E-state index contributed by atoms with van der Waals surface area (Å²) in [5.41, 5.74) is 6.94. The molecular formula is C13H21N3O2S. The van der Waals surface area contributed by atoms with Gasteiger partial charge >= 0.3 is 0 Å². The molecule has 19 heavy (non-hydrogen) atoms. The number of hydrogen-bond acceptors (Lipinski definition) is 4. The van der Waals surface area contributed by atoms with E-state index in [0.29, 0.717) is 23.7 Å². The first-order valence-electron chi connectivity index (χ1n) is 6.46. The second-order valence-electron chi connectivity index (χ2n) is 5.09. The standard InChI is InChI=1S/C13H21N3O2S/c1-11-4-5-12(14)10-13(11)19(17,18)16-7-3-6-15(2)8-9-16/h4-5,10H,3,6-9,14H2,1-2H3. The quantitative estimate of drug-likeness (QED) is 0.819. The third-order valence-electron chi connectivity index (χ3n) is 3.51. The van der Waals surface area contributed by atoms with E-state index in [1.165, 1.54) is 0 Å². The first-order chi connectivity index (χ1) is 8.91. The largest absolute Gasteiger partial charge is 0.399 e. The van der Waals surface area contributed by atoms with Crippen LogP contribution in [0, 0.1) is 6.92 Å². The maximum atomic E-state index is 12.7. The van der Waals surface area contributed by atoms with E-state index in [-0.39, 0.29) is 0 Å². The molecule has 106 valence electrons. The molecule has 0 aliphatic carbocycles. The number of hydrogen-bond donors (Lipinski definition) is 1. The summed E-state index contributed by atoms with van der Waals surface area (Å²) in [6.07, 6.45) is 0.858. The average molecular weight is 283 g/mol. The van der Waals surface area contributed by atoms with Crippen molar-refractivity contribution < 1.29 is 8.42 Å². The molecule has 0 atom stereocenters. The van der Waals surface area contributed by atoms with E-state index in [1.807, 2.05) is 7.05 Å². The highest BCUT2D eigenvalue weighted by atomic mass is 32.2. The van der Waals surface area contributed by atoms with Crippen molar-refractivity contribution in [2.75, 3.05) is 39.0 Å². The van der Waals surface area contributed by atoms with Crippen LogP contribution in [0.4, 0.5) is 5.69 Å². The zero-order valence-corrected chi connectivity index (χ0v) is 12.3. The molecule has 1 fully saturated rings. The summed E-state index contributed by atoms with van der Waals surface area (Å²) in [6.45, 7) is 4.60. The maximum absolute atomic E-state index is 12.7. The molecule has 2 rings (SSSR count). The highest BCUT2D eigenvalue weighted by molar-refractivity contribution is 7.89. The minimum Gasteiger partial charge on any atom is -0.399 e. The van der Waals surface area contributed by atoms with Crippen LogP contribution in [0.3, 0.4) is 0 Å². The Balaban J connectivity index is 2.33. The second kappa shape index (κ2) is 5.48. The van der Waals surface area contributed by atoms with Gasteiger partial charge in [-0.3, -0.25) is 0 Å². The first kappa shape index (κ1) is 14.3. The van der Waals surface area contributed by atoms with Gasteiger partial charge in [-0.2, -0.15) is 4.31 Å². The third kappa shape index (κ3) is 3.08. The Labute approximate surface area is 115 Å². The van der Waals surface area contributed by atoms with Crippen LogP contribution in [0.1, 0.15) is 12.0 Å². The van der Waals surface area contributed by atoms with Gasteiger partial charge < -0.3 is 10.6 Å². The van der Waals surface area contributed by atoms with Crippen molar-refractivity contribution in [2.24, 2.45) is 0 Å². The molecule has 6 heteroatoms. The van der Waals surface area contributed by atoms with Crippen molar-refractivity contribution >= 4 is 15.7 Å². The molecule has 1 aromatic carbocycles. The molecule has 0 saturated carbocycles. The summed E-state index contributed by atoms with van der Waals surface area (Å²) in [6, 6.07) is 5.04. The van der Waals surface area contributed by atoms with Crippen LogP contribution in [0.25, 0.3) is 0 Å². The molecule has 5 nitrogen and oxygen atoms in total. The fraction of sp³-hybridized carbons (Fsp3) is 0.538. The molecule has 0 radical (unpaired) electrons. The molecule has 0 unspecified atom stereocenters. The van der Waals surface area contributed by atoms with Gasteiger partial charge in [0.25, 0.3) is 0 Å². The van der Waals surface area contributed by atoms with Gasteiger partial charge in [0, 0.05) is 25.3 Å². The van der Waals surface area contributed by atoms with Crippen molar-refractivity contribution in [1.29, 1.82) is 0 Å². The Kier molecular flexibility index (Phi) is 4.13. The van der Waals surface area contributed by atoms with E-state index in [4.69, 9.17) is 5.73 Å². The Hall–Kier alpha value is -1.11. The molecule has 1 aromatic rings. The van der Waals surface area contributed by atoms with E-state index >= 15 is 0 Å². The number of likely N-dealkylation sites (N-methyl/N-ethyl adjacent to an activating group) is 1. The van der Waals surface area contributed by atoms with E-state index in [1.54, 1.807) is 29.4 Å². The summed E-state index contributed by atoms with van der Waals surface area (Å²) in [5.74, 6) is 0. The monoisotopic (exact) mass is 283 g/mol. The number of aryl methyl sites for hydroxylation is 1. The van der Waals surface area contributed by atoms with Crippen LogP contribution < -0.4 is 5.73 Å². The van der Waals surface area contributed by atoms with Gasteiger partial charge in [-0.15, -0.1) is 0 Å². The van der Waals surface area contributed by atoms with Crippen molar-refractivity contribution in [2.45, 2.75) is 18.2 Å².